The van der Waals surface area contributed by atoms with E-state index in [1.807, 2.05) is 12.1 Å². The molecule has 0 bridgehead atoms. The number of nitrogens with zero attached hydrogens (tertiary/aromatic N) is 1. The molecule has 0 aliphatic rings. The number of hydrogen-bond donors (Lipinski definition) is 1. The van der Waals surface area contributed by atoms with Crippen LogP contribution in [0.25, 0.3) is 0 Å². The Morgan fingerprint density at radius 2 is 1.81 bits per heavy atom. The molecule has 0 amide bonds. The third-order valence-corrected chi connectivity index (χ3v) is 3.36. The SMILES string of the molecule is CCCN(CCC)Cc1c(N)cccc1Br. The molecule has 0 unspecified atom stereocenters. The third kappa shape index (κ3) is 3.80. The van der Waals surface area contributed by atoms with Gasteiger partial charge in [-0.05, 0) is 38.1 Å². The number of rotatable bonds is 6. The molecule has 1 aromatic rings. The molecule has 16 heavy (non-hydrogen) atoms. The van der Waals surface area contributed by atoms with Gasteiger partial charge in [-0.1, -0.05) is 35.8 Å². The maximum absolute atomic E-state index is 6.01. The predicted molar refractivity (Wildman–Crippen MR) is 74.4 cm³/mol. The molecule has 0 spiro atoms. The van der Waals surface area contributed by atoms with Crippen molar-refractivity contribution in [3.05, 3.63) is 28.2 Å². The summed E-state index contributed by atoms with van der Waals surface area (Å²) >= 11 is 3.57. The van der Waals surface area contributed by atoms with Gasteiger partial charge < -0.3 is 5.73 Å². The summed E-state index contributed by atoms with van der Waals surface area (Å²) in [5.41, 5.74) is 8.10. The van der Waals surface area contributed by atoms with Crippen molar-refractivity contribution in [2.45, 2.75) is 33.2 Å². The molecule has 1 aromatic carbocycles. The Balaban J connectivity index is 2.76. The van der Waals surface area contributed by atoms with Gasteiger partial charge in [0, 0.05) is 22.3 Å². The van der Waals surface area contributed by atoms with E-state index in [2.05, 4.69) is 40.7 Å². The lowest BCUT2D eigenvalue weighted by molar-refractivity contribution is 0.266. The van der Waals surface area contributed by atoms with E-state index in [0.29, 0.717) is 0 Å². The lowest BCUT2D eigenvalue weighted by Gasteiger charge is -2.22. The fraction of sp³-hybridized carbons (Fsp3) is 0.538. The van der Waals surface area contributed by atoms with E-state index in [4.69, 9.17) is 5.73 Å². The summed E-state index contributed by atoms with van der Waals surface area (Å²) in [5.74, 6) is 0. The molecule has 0 saturated heterocycles. The van der Waals surface area contributed by atoms with Crippen molar-refractivity contribution >= 4 is 21.6 Å². The van der Waals surface area contributed by atoms with Gasteiger partial charge in [0.2, 0.25) is 0 Å². The van der Waals surface area contributed by atoms with Crippen molar-refractivity contribution < 1.29 is 0 Å². The van der Waals surface area contributed by atoms with Crippen molar-refractivity contribution in [2.75, 3.05) is 18.8 Å². The van der Waals surface area contributed by atoms with Gasteiger partial charge in [-0.3, -0.25) is 4.90 Å². The summed E-state index contributed by atoms with van der Waals surface area (Å²) in [6, 6.07) is 6.00. The Morgan fingerprint density at radius 1 is 1.19 bits per heavy atom. The maximum Gasteiger partial charge on any atom is 0.0371 e. The molecule has 0 heterocycles. The molecule has 0 aliphatic heterocycles. The van der Waals surface area contributed by atoms with Crippen LogP contribution in [0, 0.1) is 0 Å². The highest BCUT2D eigenvalue weighted by molar-refractivity contribution is 9.10. The number of benzene rings is 1. The molecular formula is C13H21BrN2. The lowest BCUT2D eigenvalue weighted by Crippen LogP contribution is -2.25. The molecule has 2 N–H and O–H groups in total. The highest BCUT2D eigenvalue weighted by atomic mass is 79.9. The van der Waals surface area contributed by atoms with Crippen LogP contribution in [0.2, 0.25) is 0 Å². The largest absolute Gasteiger partial charge is 0.398 e. The first-order chi connectivity index (χ1) is 7.69. The molecule has 0 saturated carbocycles. The van der Waals surface area contributed by atoms with E-state index in [0.717, 1.165) is 29.8 Å². The quantitative estimate of drug-likeness (QED) is 0.808. The van der Waals surface area contributed by atoms with Crippen LogP contribution in [-0.2, 0) is 6.54 Å². The Hall–Kier alpha value is -0.540. The van der Waals surface area contributed by atoms with Crippen LogP contribution in [0.3, 0.4) is 0 Å². The molecule has 1 rings (SSSR count). The first kappa shape index (κ1) is 13.5. The Kier molecular flexibility index (Phi) is 5.85. The highest BCUT2D eigenvalue weighted by Crippen LogP contribution is 2.24. The number of nitrogens with two attached hydrogens (primary N) is 1. The maximum atomic E-state index is 6.01. The van der Waals surface area contributed by atoms with E-state index in [9.17, 15) is 0 Å². The second kappa shape index (κ2) is 6.92. The van der Waals surface area contributed by atoms with Gasteiger partial charge in [-0.25, -0.2) is 0 Å². The van der Waals surface area contributed by atoms with Gasteiger partial charge in [0.05, 0.1) is 0 Å². The normalized spacial score (nSPS) is 11.0. The summed E-state index contributed by atoms with van der Waals surface area (Å²) in [4.78, 5) is 2.45. The molecule has 2 nitrogen and oxygen atoms in total. The second-order valence-corrected chi connectivity index (χ2v) is 4.94. The Bertz CT molecular complexity index is 299. The number of nitrogen functional groups attached to an aromatic ring is 1. The molecule has 3 heteroatoms. The fourth-order valence-electron chi connectivity index (χ4n) is 1.87. The molecule has 0 aliphatic carbocycles. The standard InChI is InChI=1S/C13H21BrN2/c1-3-8-16(9-4-2)10-11-12(14)6-5-7-13(11)15/h5-7H,3-4,8-10,15H2,1-2H3. The fourth-order valence-corrected chi connectivity index (χ4v) is 2.38. The molecule has 0 radical (unpaired) electrons. The van der Waals surface area contributed by atoms with Gasteiger partial charge in [0.15, 0.2) is 0 Å². The van der Waals surface area contributed by atoms with Gasteiger partial charge in [0.1, 0.15) is 0 Å². The average Bonchev–Trinajstić information content (AvgIpc) is 2.24. The van der Waals surface area contributed by atoms with E-state index < -0.39 is 0 Å². The zero-order valence-corrected chi connectivity index (χ0v) is 11.8. The third-order valence-electron chi connectivity index (χ3n) is 2.62. The smallest absolute Gasteiger partial charge is 0.0371 e. The highest BCUT2D eigenvalue weighted by Gasteiger charge is 2.09. The monoisotopic (exact) mass is 284 g/mol. The minimum absolute atomic E-state index is 0.881. The van der Waals surface area contributed by atoms with Gasteiger partial charge in [0.25, 0.3) is 0 Å². The Labute approximate surface area is 107 Å². The van der Waals surface area contributed by atoms with Crippen molar-refractivity contribution in [3.63, 3.8) is 0 Å². The molecule has 0 atom stereocenters. The number of halogens is 1. The second-order valence-electron chi connectivity index (χ2n) is 4.08. The van der Waals surface area contributed by atoms with Crippen molar-refractivity contribution in [1.82, 2.24) is 4.90 Å². The summed E-state index contributed by atoms with van der Waals surface area (Å²) < 4.78 is 1.12. The first-order valence-electron chi connectivity index (χ1n) is 5.94. The van der Waals surface area contributed by atoms with Crippen LogP contribution in [0.5, 0.6) is 0 Å². The number of anilines is 1. The molecule has 0 aromatic heterocycles. The molecule has 90 valence electrons. The minimum atomic E-state index is 0.881. The predicted octanol–water partition coefficient (Wildman–Crippen LogP) is 3.65. The van der Waals surface area contributed by atoms with Gasteiger partial charge in [-0.2, -0.15) is 0 Å². The van der Waals surface area contributed by atoms with E-state index in [1.165, 1.54) is 18.4 Å². The first-order valence-corrected chi connectivity index (χ1v) is 6.73. The van der Waals surface area contributed by atoms with Crippen LogP contribution in [-0.4, -0.2) is 18.0 Å². The zero-order chi connectivity index (χ0) is 12.0. The Morgan fingerprint density at radius 3 is 2.31 bits per heavy atom. The van der Waals surface area contributed by atoms with Gasteiger partial charge >= 0.3 is 0 Å². The van der Waals surface area contributed by atoms with Crippen molar-refractivity contribution in [1.29, 1.82) is 0 Å². The average molecular weight is 285 g/mol. The summed E-state index contributed by atoms with van der Waals surface area (Å²) in [7, 11) is 0. The molecule has 0 fully saturated rings. The van der Waals surface area contributed by atoms with Crippen LogP contribution >= 0.6 is 15.9 Å². The summed E-state index contributed by atoms with van der Waals surface area (Å²) in [6.07, 6.45) is 2.37. The van der Waals surface area contributed by atoms with Gasteiger partial charge in [-0.15, -0.1) is 0 Å². The minimum Gasteiger partial charge on any atom is -0.398 e. The van der Waals surface area contributed by atoms with Crippen LogP contribution < -0.4 is 5.73 Å². The van der Waals surface area contributed by atoms with E-state index >= 15 is 0 Å². The van der Waals surface area contributed by atoms with Crippen LogP contribution in [0.4, 0.5) is 5.69 Å². The summed E-state index contributed by atoms with van der Waals surface area (Å²) in [6.45, 7) is 7.64. The van der Waals surface area contributed by atoms with Crippen molar-refractivity contribution in [2.24, 2.45) is 0 Å². The zero-order valence-electron chi connectivity index (χ0n) is 10.2. The van der Waals surface area contributed by atoms with Crippen molar-refractivity contribution in [3.8, 4) is 0 Å². The van der Waals surface area contributed by atoms with Crippen LogP contribution in [0.15, 0.2) is 22.7 Å². The van der Waals surface area contributed by atoms with E-state index in [1.54, 1.807) is 0 Å². The lowest BCUT2D eigenvalue weighted by atomic mass is 10.1. The molecular weight excluding hydrogens is 264 g/mol. The van der Waals surface area contributed by atoms with E-state index in [-0.39, 0.29) is 0 Å². The summed E-state index contributed by atoms with van der Waals surface area (Å²) in [5, 5.41) is 0. The topological polar surface area (TPSA) is 29.3 Å². The van der Waals surface area contributed by atoms with Crippen LogP contribution in [0.1, 0.15) is 32.3 Å². The number of hydrogen-bond acceptors (Lipinski definition) is 2.